The molecule has 0 aromatic heterocycles. The fourth-order valence-corrected chi connectivity index (χ4v) is 2.99. The second kappa shape index (κ2) is 6.07. The van der Waals surface area contributed by atoms with E-state index in [2.05, 4.69) is 19.0 Å². The first-order chi connectivity index (χ1) is 8.53. The molecule has 0 spiro atoms. The number of amides is 1. The maximum Gasteiger partial charge on any atom is 0.236 e. The first-order valence-corrected chi connectivity index (χ1v) is 6.78. The Kier molecular flexibility index (Phi) is 4.99. The summed E-state index contributed by atoms with van der Waals surface area (Å²) in [7, 11) is 1.82. The van der Waals surface area contributed by atoms with Crippen LogP contribution in [0.3, 0.4) is 0 Å². The lowest BCUT2D eigenvalue weighted by Gasteiger charge is -2.35. The first kappa shape index (κ1) is 14.8. The molecule has 1 fully saturated rings. The zero-order valence-corrected chi connectivity index (χ0v) is 11.6. The molecular weight excluding hydrogens is 230 g/mol. The molecule has 1 amide bonds. The molecule has 1 rings (SSSR count). The van der Waals surface area contributed by atoms with Gasteiger partial charge in [0.2, 0.25) is 5.91 Å². The largest absolute Gasteiger partial charge is 0.409 e. The molecule has 0 saturated heterocycles. The van der Waals surface area contributed by atoms with Crippen LogP contribution in [0.1, 0.15) is 52.4 Å². The zero-order chi connectivity index (χ0) is 13.8. The van der Waals surface area contributed by atoms with Crippen molar-refractivity contribution in [2.24, 2.45) is 16.3 Å². The zero-order valence-electron chi connectivity index (χ0n) is 11.6. The van der Waals surface area contributed by atoms with E-state index in [4.69, 9.17) is 10.9 Å². The molecule has 1 saturated carbocycles. The normalized spacial score (nSPS) is 19.2. The number of hydrogen-bond donors (Lipinski definition) is 2. The van der Waals surface area contributed by atoms with E-state index in [1.807, 2.05) is 7.05 Å². The van der Waals surface area contributed by atoms with E-state index < -0.39 is 5.41 Å². The Morgan fingerprint density at radius 1 is 1.39 bits per heavy atom. The number of hydrogen-bond acceptors (Lipinski definition) is 3. The summed E-state index contributed by atoms with van der Waals surface area (Å²) in [4.78, 5) is 14.5. The van der Waals surface area contributed by atoms with E-state index in [1.165, 1.54) is 0 Å². The molecule has 0 heterocycles. The quantitative estimate of drug-likeness (QED) is 0.341. The van der Waals surface area contributed by atoms with E-state index in [9.17, 15) is 4.79 Å². The minimum absolute atomic E-state index is 0.00370. The van der Waals surface area contributed by atoms with Gasteiger partial charge in [-0.05, 0) is 25.7 Å². The van der Waals surface area contributed by atoms with Gasteiger partial charge < -0.3 is 15.8 Å². The molecule has 1 aliphatic rings. The molecule has 5 nitrogen and oxygen atoms in total. The summed E-state index contributed by atoms with van der Waals surface area (Å²) in [6, 6.07) is 0.224. The summed E-state index contributed by atoms with van der Waals surface area (Å²) in [5.41, 5.74) is 5.02. The molecule has 104 valence electrons. The van der Waals surface area contributed by atoms with Gasteiger partial charge in [-0.1, -0.05) is 31.8 Å². The molecule has 0 unspecified atom stereocenters. The van der Waals surface area contributed by atoms with Crippen LogP contribution in [0.5, 0.6) is 0 Å². The third-order valence-corrected chi connectivity index (χ3v) is 4.28. The van der Waals surface area contributed by atoms with Gasteiger partial charge in [-0.15, -0.1) is 0 Å². The molecule has 0 aliphatic heterocycles. The number of oxime groups is 1. The van der Waals surface area contributed by atoms with Crippen molar-refractivity contribution in [3.8, 4) is 0 Å². The van der Waals surface area contributed by atoms with Crippen LogP contribution < -0.4 is 5.73 Å². The fraction of sp³-hybridized carbons (Fsp3) is 0.846. The maximum absolute atomic E-state index is 12.7. The summed E-state index contributed by atoms with van der Waals surface area (Å²) >= 11 is 0. The molecular formula is C13H25N3O2. The molecule has 0 atom stereocenters. The molecule has 0 aromatic rings. The molecule has 1 aliphatic carbocycles. The Labute approximate surface area is 109 Å². The molecule has 0 radical (unpaired) electrons. The SMILES string of the molecule is CCC(CC)N(C)C(=O)C1(C(N)=NO)CCCC1. The summed E-state index contributed by atoms with van der Waals surface area (Å²) in [5, 5.41) is 12.0. The third kappa shape index (κ3) is 2.44. The van der Waals surface area contributed by atoms with Gasteiger partial charge in [0.25, 0.3) is 0 Å². The smallest absolute Gasteiger partial charge is 0.236 e. The van der Waals surface area contributed by atoms with Crippen molar-refractivity contribution in [2.75, 3.05) is 7.05 Å². The van der Waals surface area contributed by atoms with Gasteiger partial charge >= 0.3 is 0 Å². The highest BCUT2D eigenvalue weighted by molar-refractivity contribution is 6.07. The van der Waals surface area contributed by atoms with Crippen molar-refractivity contribution in [1.29, 1.82) is 0 Å². The predicted molar refractivity (Wildman–Crippen MR) is 71.4 cm³/mol. The topological polar surface area (TPSA) is 78.9 Å². The van der Waals surface area contributed by atoms with Crippen LogP contribution in [0.15, 0.2) is 5.16 Å². The minimum Gasteiger partial charge on any atom is -0.409 e. The Hall–Kier alpha value is -1.26. The van der Waals surface area contributed by atoms with Crippen LogP contribution >= 0.6 is 0 Å². The van der Waals surface area contributed by atoms with Crippen LogP contribution in [-0.2, 0) is 4.79 Å². The van der Waals surface area contributed by atoms with Crippen molar-refractivity contribution in [2.45, 2.75) is 58.4 Å². The monoisotopic (exact) mass is 255 g/mol. The van der Waals surface area contributed by atoms with E-state index in [0.717, 1.165) is 25.7 Å². The first-order valence-electron chi connectivity index (χ1n) is 6.78. The highest BCUT2D eigenvalue weighted by atomic mass is 16.4. The van der Waals surface area contributed by atoms with E-state index in [0.29, 0.717) is 12.8 Å². The van der Waals surface area contributed by atoms with Crippen LogP contribution in [0, 0.1) is 5.41 Å². The van der Waals surface area contributed by atoms with Crippen molar-refractivity contribution < 1.29 is 10.0 Å². The third-order valence-electron chi connectivity index (χ3n) is 4.28. The average molecular weight is 255 g/mol. The van der Waals surface area contributed by atoms with E-state index in [-0.39, 0.29) is 17.8 Å². The van der Waals surface area contributed by atoms with Gasteiger partial charge in [0, 0.05) is 13.1 Å². The Bertz CT molecular complexity index is 318. The van der Waals surface area contributed by atoms with Crippen LogP contribution in [-0.4, -0.2) is 34.9 Å². The van der Waals surface area contributed by atoms with Crippen LogP contribution in [0.25, 0.3) is 0 Å². The number of amidine groups is 1. The molecule has 5 heteroatoms. The molecule has 0 aromatic carbocycles. The maximum atomic E-state index is 12.7. The second-order valence-corrected chi connectivity index (χ2v) is 5.16. The lowest BCUT2D eigenvalue weighted by molar-refractivity contribution is -0.139. The van der Waals surface area contributed by atoms with Crippen molar-refractivity contribution in [3.05, 3.63) is 0 Å². The van der Waals surface area contributed by atoms with Crippen molar-refractivity contribution >= 4 is 11.7 Å². The van der Waals surface area contributed by atoms with Crippen LogP contribution in [0.4, 0.5) is 0 Å². The lowest BCUT2D eigenvalue weighted by Crippen LogP contribution is -2.51. The Morgan fingerprint density at radius 3 is 2.28 bits per heavy atom. The van der Waals surface area contributed by atoms with Crippen molar-refractivity contribution in [1.82, 2.24) is 4.90 Å². The van der Waals surface area contributed by atoms with Gasteiger partial charge in [0.05, 0.1) is 0 Å². The predicted octanol–water partition coefficient (Wildman–Crippen LogP) is 1.94. The van der Waals surface area contributed by atoms with E-state index in [1.54, 1.807) is 4.90 Å². The van der Waals surface area contributed by atoms with Gasteiger partial charge in [0.15, 0.2) is 5.84 Å². The molecule has 3 N–H and O–H groups in total. The van der Waals surface area contributed by atoms with Gasteiger partial charge in [-0.3, -0.25) is 4.79 Å². The number of nitrogens with zero attached hydrogens (tertiary/aromatic N) is 2. The number of nitrogens with two attached hydrogens (primary N) is 1. The molecule has 0 bridgehead atoms. The fourth-order valence-electron chi connectivity index (χ4n) is 2.99. The van der Waals surface area contributed by atoms with Crippen molar-refractivity contribution in [3.63, 3.8) is 0 Å². The van der Waals surface area contributed by atoms with Gasteiger partial charge in [-0.2, -0.15) is 0 Å². The number of rotatable bonds is 5. The number of carbonyl (C=O) groups is 1. The van der Waals surface area contributed by atoms with Crippen LogP contribution in [0.2, 0.25) is 0 Å². The summed E-state index contributed by atoms with van der Waals surface area (Å²) in [6.45, 7) is 4.14. The second-order valence-electron chi connectivity index (χ2n) is 5.16. The molecule has 18 heavy (non-hydrogen) atoms. The van der Waals surface area contributed by atoms with Gasteiger partial charge in [0.1, 0.15) is 5.41 Å². The standard InChI is InChI=1S/C13H25N3O2/c1-4-10(5-2)16(3)12(17)13(11(14)15-18)8-6-7-9-13/h10,18H,4-9H2,1-3H3,(H2,14,15). The summed E-state index contributed by atoms with van der Waals surface area (Å²) < 4.78 is 0. The average Bonchev–Trinajstić information content (AvgIpc) is 2.88. The lowest BCUT2D eigenvalue weighted by atomic mass is 9.82. The number of carbonyl (C=O) groups excluding carboxylic acids is 1. The van der Waals surface area contributed by atoms with Gasteiger partial charge in [-0.25, -0.2) is 0 Å². The minimum atomic E-state index is -0.772. The summed E-state index contributed by atoms with van der Waals surface area (Å²) in [6.07, 6.45) is 5.13. The Morgan fingerprint density at radius 2 is 1.89 bits per heavy atom. The highest BCUT2D eigenvalue weighted by Crippen LogP contribution is 2.40. The Balaban J connectivity index is 2.97. The summed E-state index contributed by atoms with van der Waals surface area (Å²) in [5.74, 6) is 0.0757. The van der Waals surface area contributed by atoms with E-state index >= 15 is 0 Å². The highest BCUT2D eigenvalue weighted by Gasteiger charge is 2.47.